The van der Waals surface area contributed by atoms with E-state index in [0.29, 0.717) is 17.2 Å². The van der Waals surface area contributed by atoms with Gasteiger partial charge < -0.3 is 15.1 Å². The lowest BCUT2D eigenvalue weighted by Crippen LogP contribution is -2.44. The molecule has 0 aromatic heterocycles. The fourth-order valence-electron chi connectivity index (χ4n) is 1.80. The predicted octanol–water partition coefficient (Wildman–Crippen LogP) is 0.706. The molecule has 6 heteroatoms. The molecule has 96 valence electrons. The summed E-state index contributed by atoms with van der Waals surface area (Å²) < 4.78 is 0. The summed E-state index contributed by atoms with van der Waals surface area (Å²) in [5, 5.41) is 19.0. The molecule has 0 radical (unpaired) electrons. The van der Waals surface area contributed by atoms with Gasteiger partial charge in [0.1, 0.15) is 6.04 Å². The van der Waals surface area contributed by atoms with Crippen LogP contribution in [0.15, 0.2) is 30.3 Å². The maximum Gasteiger partial charge on any atom is 0.327 e. The molecule has 2 unspecified atom stereocenters. The van der Waals surface area contributed by atoms with Crippen molar-refractivity contribution in [2.75, 3.05) is 11.6 Å². The average Bonchev–Trinajstić information content (AvgIpc) is 2.87. The third-order valence-corrected chi connectivity index (χ3v) is 3.81. The second kappa shape index (κ2) is 5.41. The first-order valence-corrected chi connectivity index (χ1v) is 6.61. The van der Waals surface area contributed by atoms with E-state index in [-0.39, 0.29) is 0 Å². The fraction of sp³-hybridized carbons (Fsp3) is 0.333. The first-order valence-electron chi connectivity index (χ1n) is 5.45. The SMILES string of the molecule is O=C(O)C1CSCN1C(=O)C(O)c1ccccc1. The van der Waals surface area contributed by atoms with E-state index in [1.54, 1.807) is 30.3 Å². The van der Waals surface area contributed by atoms with Crippen LogP contribution >= 0.6 is 11.8 Å². The summed E-state index contributed by atoms with van der Waals surface area (Å²) >= 11 is 1.37. The molecule has 0 saturated carbocycles. The Bertz CT molecular complexity index is 451. The van der Waals surface area contributed by atoms with Crippen LogP contribution in [0.25, 0.3) is 0 Å². The molecule has 18 heavy (non-hydrogen) atoms. The van der Waals surface area contributed by atoms with E-state index in [1.165, 1.54) is 16.7 Å². The predicted molar refractivity (Wildman–Crippen MR) is 67.0 cm³/mol. The highest BCUT2D eigenvalue weighted by Gasteiger charge is 2.37. The maximum absolute atomic E-state index is 12.1. The van der Waals surface area contributed by atoms with E-state index in [9.17, 15) is 14.7 Å². The Balaban J connectivity index is 2.14. The number of aliphatic hydroxyl groups excluding tert-OH is 1. The molecular weight excluding hydrogens is 254 g/mol. The molecule has 0 spiro atoms. The van der Waals surface area contributed by atoms with Crippen LogP contribution < -0.4 is 0 Å². The minimum atomic E-state index is -1.30. The number of carbonyl (C=O) groups is 2. The third-order valence-electron chi connectivity index (χ3n) is 2.80. The van der Waals surface area contributed by atoms with E-state index in [4.69, 9.17) is 5.11 Å². The lowest BCUT2D eigenvalue weighted by molar-refractivity contribution is -0.151. The van der Waals surface area contributed by atoms with Gasteiger partial charge in [0.05, 0.1) is 5.88 Å². The van der Waals surface area contributed by atoms with Crippen molar-refractivity contribution >= 4 is 23.6 Å². The van der Waals surface area contributed by atoms with Crippen LogP contribution in [0.4, 0.5) is 0 Å². The van der Waals surface area contributed by atoms with E-state index in [0.717, 1.165) is 0 Å². The Morgan fingerprint density at radius 2 is 2.00 bits per heavy atom. The number of aliphatic hydroxyl groups is 1. The highest BCUT2D eigenvalue weighted by Crippen LogP contribution is 2.25. The molecular formula is C12H13NO4S. The zero-order valence-electron chi connectivity index (χ0n) is 9.52. The van der Waals surface area contributed by atoms with E-state index < -0.39 is 24.0 Å². The van der Waals surface area contributed by atoms with E-state index >= 15 is 0 Å². The van der Waals surface area contributed by atoms with Crippen molar-refractivity contribution in [2.24, 2.45) is 0 Å². The average molecular weight is 267 g/mol. The zero-order chi connectivity index (χ0) is 13.1. The van der Waals surface area contributed by atoms with Gasteiger partial charge in [0, 0.05) is 5.75 Å². The number of rotatable bonds is 3. The molecule has 2 rings (SSSR count). The van der Waals surface area contributed by atoms with E-state index in [1.807, 2.05) is 0 Å². The highest BCUT2D eigenvalue weighted by atomic mass is 32.2. The number of amides is 1. The van der Waals surface area contributed by atoms with Gasteiger partial charge in [-0.15, -0.1) is 11.8 Å². The molecule has 1 aliphatic rings. The molecule has 1 aromatic rings. The number of aliphatic carboxylic acids is 1. The van der Waals surface area contributed by atoms with Crippen molar-refractivity contribution in [1.82, 2.24) is 4.90 Å². The lowest BCUT2D eigenvalue weighted by atomic mass is 10.1. The number of carbonyl (C=O) groups excluding carboxylic acids is 1. The summed E-state index contributed by atoms with van der Waals surface area (Å²) in [5.74, 6) is -0.922. The maximum atomic E-state index is 12.1. The Morgan fingerprint density at radius 1 is 1.33 bits per heavy atom. The summed E-state index contributed by atoms with van der Waals surface area (Å²) in [5.41, 5.74) is 0.475. The molecule has 1 heterocycles. The van der Waals surface area contributed by atoms with Gasteiger partial charge >= 0.3 is 5.97 Å². The normalized spacial score (nSPS) is 20.7. The van der Waals surface area contributed by atoms with Crippen molar-refractivity contribution in [1.29, 1.82) is 0 Å². The van der Waals surface area contributed by atoms with Crippen molar-refractivity contribution in [3.8, 4) is 0 Å². The van der Waals surface area contributed by atoms with Crippen LogP contribution in [-0.2, 0) is 9.59 Å². The minimum absolute atomic E-state index is 0.305. The highest BCUT2D eigenvalue weighted by molar-refractivity contribution is 7.99. The Hall–Kier alpha value is -1.53. The van der Waals surface area contributed by atoms with Crippen LogP contribution in [0.5, 0.6) is 0 Å². The van der Waals surface area contributed by atoms with Crippen LogP contribution in [0, 0.1) is 0 Å². The molecule has 1 amide bonds. The summed E-state index contributed by atoms with van der Waals surface area (Å²) in [7, 11) is 0. The molecule has 0 aliphatic carbocycles. The van der Waals surface area contributed by atoms with Crippen molar-refractivity contribution in [2.45, 2.75) is 12.1 Å². The van der Waals surface area contributed by atoms with Crippen LogP contribution in [0.2, 0.25) is 0 Å². The van der Waals surface area contributed by atoms with Crippen LogP contribution in [0.3, 0.4) is 0 Å². The van der Waals surface area contributed by atoms with Gasteiger partial charge in [0.25, 0.3) is 5.91 Å². The molecule has 1 fully saturated rings. The van der Waals surface area contributed by atoms with Gasteiger partial charge in [-0.1, -0.05) is 30.3 Å². The van der Waals surface area contributed by atoms with Crippen molar-refractivity contribution in [3.63, 3.8) is 0 Å². The number of nitrogens with zero attached hydrogens (tertiary/aromatic N) is 1. The molecule has 2 N–H and O–H groups in total. The van der Waals surface area contributed by atoms with Gasteiger partial charge in [0.15, 0.2) is 6.10 Å². The second-order valence-corrected chi connectivity index (χ2v) is 4.97. The zero-order valence-corrected chi connectivity index (χ0v) is 10.3. The Morgan fingerprint density at radius 3 is 2.61 bits per heavy atom. The van der Waals surface area contributed by atoms with Gasteiger partial charge in [-0.2, -0.15) is 0 Å². The molecule has 1 saturated heterocycles. The first kappa shape index (κ1) is 12.9. The summed E-state index contributed by atoms with van der Waals surface area (Å²) in [4.78, 5) is 24.3. The molecule has 1 aliphatic heterocycles. The number of carboxylic acid groups (broad SMARTS) is 1. The number of thioether (sulfide) groups is 1. The second-order valence-electron chi connectivity index (χ2n) is 3.98. The molecule has 0 bridgehead atoms. The number of carboxylic acids is 1. The van der Waals surface area contributed by atoms with Gasteiger partial charge in [-0.25, -0.2) is 4.79 Å². The van der Waals surface area contributed by atoms with E-state index in [2.05, 4.69) is 0 Å². The standard InChI is InChI=1S/C12H13NO4S/c14-10(8-4-2-1-3-5-8)11(15)13-7-18-6-9(13)12(16)17/h1-5,9-10,14H,6-7H2,(H,16,17). The summed E-state index contributed by atoms with van der Waals surface area (Å²) in [6, 6.07) is 7.66. The topological polar surface area (TPSA) is 77.8 Å². The number of benzene rings is 1. The molecule has 1 aromatic carbocycles. The molecule has 5 nitrogen and oxygen atoms in total. The quantitative estimate of drug-likeness (QED) is 0.843. The first-order chi connectivity index (χ1) is 8.61. The van der Waals surface area contributed by atoms with Gasteiger partial charge in [-0.05, 0) is 5.56 Å². The number of hydrogen-bond donors (Lipinski definition) is 2. The summed E-state index contributed by atoms with van der Waals surface area (Å²) in [6.45, 7) is 0. The van der Waals surface area contributed by atoms with Crippen LogP contribution in [0.1, 0.15) is 11.7 Å². The van der Waals surface area contributed by atoms with Crippen molar-refractivity contribution in [3.05, 3.63) is 35.9 Å². The third kappa shape index (κ3) is 2.49. The Labute approximate surface area is 108 Å². The Kier molecular flexibility index (Phi) is 3.88. The fourth-order valence-corrected chi connectivity index (χ4v) is 2.95. The van der Waals surface area contributed by atoms with Gasteiger partial charge in [-0.3, -0.25) is 4.79 Å². The summed E-state index contributed by atoms with van der Waals surface area (Å²) in [6.07, 6.45) is -1.30. The number of hydrogen-bond acceptors (Lipinski definition) is 4. The van der Waals surface area contributed by atoms with Gasteiger partial charge in [0.2, 0.25) is 0 Å². The minimum Gasteiger partial charge on any atom is -0.480 e. The monoisotopic (exact) mass is 267 g/mol. The van der Waals surface area contributed by atoms with Crippen molar-refractivity contribution < 1.29 is 19.8 Å². The largest absolute Gasteiger partial charge is 0.480 e. The smallest absolute Gasteiger partial charge is 0.327 e. The molecule has 2 atom stereocenters. The van der Waals surface area contributed by atoms with Crippen LogP contribution in [-0.4, -0.2) is 44.7 Å². The lowest BCUT2D eigenvalue weighted by Gasteiger charge is -2.23.